The zero-order chi connectivity index (χ0) is 22.3. The van der Waals surface area contributed by atoms with E-state index < -0.39 is 23.4 Å². The van der Waals surface area contributed by atoms with Crippen molar-refractivity contribution >= 4 is 23.1 Å². The maximum Gasteiger partial charge on any atom is 0.282 e. The van der Waals surface area contributed by atoms with Gasteiger partial charge in [0.15, 0.2) is 11.6 Å². The molecule has 2 amide bonds. The molecule has 0 bridgehead atoms. The lowest BCUT2D eigenvalue weighted by atomic mass is 9.95. The third kappa shape index (κ3) is 3.74. The molecular formula is C24H24F2N2O3. The summed E-state index contributed by atoms with van der Waals surface area (Å²) in [5.41, 5.74) is 3.00. The van der Waals surface area contributed by atoms with E-state index in [-0.39, 0.29) is 29.5 Å². The molecule has 2 aromatic rings. The quantitative estimate of drug-likeness (QED) is 0.760. The minimum Gasteiger partial charge on any atom is -0.396 e. The number of anilines is 1. The third-order valence-corrected chi connectivity index (χ3v) is 5.97. The molecule has 5 nitrogen and oxygen atoms in total. The van der Waals surface area contributed by atoms with Crippen LogP contribution in [0.15, 0.2) is 42.1 Å². The Labute approximate surface area is 179 Å². The summed E-state index contributed by atoms with van der Waals surface area (Å²) in [5.74, 6) is -3.30. The van der Waals surface area contributed by atoms with Crippen LogP contribution in [0.4, 0.5) is 14.5 Å². The number of piperidine rings is 1. The number of amides is 2. The third-order valence-electron chi connectivity index (χ3n) is 5.97. The SMILES string of the molecule is Cc1ccc(C2=C(N3CCCC(CO)C3)C(=O)N(c3ccc(F)c(F)c3)C2=O)c(C)c1. The summed E-state index contributed by atoms with van der Waals surface area (Å²) >= 11 is 0. The average molecular weight is 426 g/mol. The van der Waals surface area contributed by atoms with Gasteiger partial charge in [-0.05, 0) is 55.9 Å². The van der Waals surface area contributed by atoms with Gasteiger partial charge in [-0.3, -0.25) is 9.59 Å². The van der Waals surface area contributed by atoms with Crippen molar-refractivity contribution in [2.24, 2.45) is 5.92 Å². The lowest BCUT2D eigenvalue weighted by Crippen LogP contribution is -2.40. The first-order valence-electron chi connectivity index (χ1n) is 10.3. The highest BCUT2D eigenvalue weighted by Gasteiger charge is 2.43. The largest absolute Gasteiger partial charge is 0.396 e. The van der Waals surface area contributed by atoms with Crippen LogP contribution in [-0.4, -0.2) is 41.5 Å². The highest BCUT2D eigenvalue weighted by molar-refractivity contribution is 6.45. The van der Waals surface area contributed by atoms with Crippen LogP contribution in [0.1, 0.15) is 29.5 Å². The molecule has 2 aliphatic rings. The average Bonchev–Trinajstić information content (AvgIpc) is 3.00. The molecule has 1 N–H and O–H groups in total. The van der Waals surface area contributed by atoms with Crippen LogP contribution in [0.5, 0.6) is 0 Å². The van der Waals surface area contributed by atoms with E-state index >= 15 is 0 Å². The molecule has 1 unspecified atom stereocenters. The van der Waals surface area contributed by atoms with E-state index in [0.29, 0.717) is 18.7 Å². The molecule has 0 aromatic heterocycles. The molecule has 162 valence electrons. The lowest BCUT2D eigenvalue weighted by Gasteiger charge is -2.34. The van der Waals surface area contributed by atoms with Crippen molar-refractivity contribution in [3.8, 4) is 0 Å². The molecule has 0 spiro atoms. The molecule has 4 rings (SSSR count). The predicted molar refractivity (Wildman–Crippen MR) is 113 cm³/mol. The van der Waals surface area contributed by atoms with Crippen LogP contribution >= 0.6 is 0 Å². The molecule has 0 radical (unpaired) electrons. The Morgan fingerprint density at radius 1 is 1.03 bits per heavy atom. The van der Waals surface area contributed by atoms with E-state index in [4.69, 9.17) is 0 Å². The van der Waals surface area contributed by atoms with Gasteiger partial charge in [0, 0.05) is 25.8 Å². The summed E-state index contributed by atoms with van der Waals surface area (Å²) in [6.07, 6.45) is 1.62. The molecular weight excluding hydrogens is 402 g/mol. The fraction of sp³-hybridized carbons (Fsp3) is 0.333. The van der Waals surface area contributed by atoms with Gasteiger partial charge in [-0.1, -0.05) is 23.8 Å². The maximum atomic E-state index is 13.9. The molecule has 1 fully saturated rings. The Morgan fingerprint density at radius 2 is 1.81 bits per heavy atom. The van der Waals surface area contributed by atoms with Crippen molar-refractivity contribution in [3.63, 3.8) is 0 Å². The molecule has 7 heteroatoms. The Balaban J connectivity index is 1.85. The summed E-state index contributed by atoms with van der Waals surface area (Å²) in [4.78, 5) is 29.8. The van der Waals surface area contributed by atoms with Crippen molar-refractivity contribution < 1.29 is 23.5 Å². The summed E-state index contributed by atoms with van der Waals surface area (Å²) in [5, 5.41) is 9.63. The van der Waals surface area contributed by atoms with E-state index in [1.54, 1.807) is 0 Å². The highest BCUT2D eigenvalue weighted by atomic mass is 19.2. The zero-order valence-electron chi connectivity index (χ0n) is 17.5. The number of halogens is 2. The monoisotopic (exact) mass is 426 g/mol. The number of aryl methyl sites for hydroxylation is 2. The van der Waals surface area contributed by atoms with Crippen molar-refractivity contribution in [2.75, 3.05) is 24.6 Å². The number of carbonyl (C=O) groups is 2. The van der Waals surface area contributed by atoms with Crippen LogP contribution in [0.3, 0.4) is 0 Å². The number of hydrogen-bond acceptors (Lipinski definition) is 4. The van der Waals surface area contributed by atoms with Gasteiger partial charge in [-0.25, -0.2) is 13.7 Å². The Kier molecular flexibility index (Phi) is 5.62. The summed E-state index contributed by atoms with van der Waals surface area (Å²) in [6, 6.07) is 8.61. The number of imide groups is 1. The Hall–Kier alpha value is -3.06. The van der Waals surface area contributed by atoms with Gasteiger partial charge in [0.2, 0.25) is 0 Å². The van der Waals surface area contributed by atoms with Crippen LogP contribution in [-0.2, 0) is 9.59 Å². The molecule has 1 saturated heterocycles. The van der Waals surface area contributed by atoms with Gasteiger partial charge >= 0.3 is 0 Å². The molecule has 1 atom stereocenters. The minimum atomic E-state index is -1.13. The summed E-state index contributed by atoms with van der Waals surface area (Å²) in [7, 11) is 0. The van der Waals surface area contributed by atoms with Crippen molar-refractivity contribution in [2.45, 2.75) is 26.7 Å². The number of aliphatic hydroxyl groups excluding tert-OH is 1. The predicted octanol–water partition coefficient (Wildman–Crippen LogP) is 3.57. The zero-order valence-corrected chi connectivity index (χ0v) is 17.5. The number of benzene rings is 2. The topological polar surface area (TPSA) is 60.9 Å². The number of rotatable bonds is 4. The normalized spacial score (nSPS) is 19.6. The Morgan fingerprint density at radius 3 is 2.48 bits per heavy atom. The first-order chi connectivity index (χ1) is 14.8. The fourth-order valence-corrected chi connectivity index (χ4v) is 4.42. The van der Waals surface area contributed by atoms with Crippen molar-refractivity contribution in [3.05, 3.63) is 70.4 Å². The molecule has 0 aliphatic carbocycles. The van der Waals surface area contributed by atoms with Crippen LogP contribution in [0.25, 0.3) is 5.57 Å². The van der Waals surface area contributed by atoms with E-state index in [0.717, 1.165) is 41.0 Å². The van der Waals surface area contributed by atoms with Gasteiger partial charge in [0.1, 0.15) is 5.70 Å². The first kappa shape index (κ1) is 21.2. The Bertz CT molecular complexity index is 1100. The fourth-order valence-electron chi connectivity index (χ4n) is 4.42. The lowest BCUT2D eigenvalue weighted by molar-refractivity contribution is -0.120. The number of carbonyl (C=O) groups excluding carboxylic acids is 2. The maximum absolute atomic E-state index is 13.9. The van der Waals surface area contributed by atoms with E-state index in [1.165, 1.54) is 6.07 Å². The van der Waals surface area contributed by atoms with E-state index in [9.17, 15) is 23.5 Å². The number of hydrogen-bond donors (Lipinski definition) is 1. The van der Waals surface area contributed by atoms with Gasteiger partial charge in [-0.15, -0.1) is 0 Å². The van der Waals surface area contributed by atoms with Gasteiger partial charge in [-0.2, -0.15) is 0 Å². The molecule has 31 heavy (non-hydrogen) atoms. The molecule has 2 aromatic carbocycles. The van der Waals surface area contributed by atoms with Crippen molar-refractivity contribution in [1.82, 2.24) is 4.90 Å². The van der Waals surface area contributed by atoms with E-state index in [1.807, 2.05) is 36.9 Å². The second-order valence-corrected chi connectivity index (χ2v) is 8.22. The van der Waals surface area contributed by atoms with Crippen molar-refractivity contribution in [1.29, 1.82) is 0 Å². The first-order valence-corrected chi connectivity index (χ1v) is 10.3. The van der Waals surface area contributed by atoms with Gasteiger partial charge < -0.3 is 10.0 Å². The van der Waals surface area contributed by atoms with E-state index in [2.05, 4.69) is 0 Å². The summed E-state index contributed by atoms with van der Waals surface area (Å²) < 4.78 is 27.3. The van der Waals surface area contributed by atoms with Gasteiger partial charge in [0.05, 0.1) is 11.3 Å². The van der Waals surface area contributed by atoms with Crippen LogP contribution < -0.4 is 4.90 Å². The van der Waals surface area contributed by atoms with Gasteiger partial charge in [0.25, 0.3) is 11.8 Å². The standard InChI is InChI=1S/C24H24F2N2O3/c1-14-5-7-18(15(2)10-14)21-22(27-9-3-4-16(12-27)13-29)24(31)28(23(21)30)17-6-8-19(25)20(26)11-17/h5-8,10-11,16,29H,3-4,9,12-13H2,1-2H3. The highest BCUT2D eigenvalue weighted by Crippen LogP contribution is 2.38. The smallest absolute Gasteiger partial charge is 0.282 e. The second kappa shape index (κ2) is 8.23. The van der Waals surface area contributed by atoms with Crippen LogP contribution in [0, 0.1) is 31.4 Å². The molecule has 2 heterocycles. The summed E-state index contributed by atoms with van der Waals surface area (Å²) in [6.45, 7) is 4.84. The number of likely N-dealkylation sites (tertiary alicyclic amines) is 1. The number of nitrogens with zero attached hydrogens (tertiary/aromatic N) is 2. The molecule has 2 aliphatic heterocycles. The second-order valence-electron chi connectivity index (χ2n) is 8.22. The number of aliphatic hydroxyl groups is 1. The molecule has 0 saturated carbocycles. The minimum absolute atomic E-state index is 0.00170. The van der Waals surface area contributed by atoms with Crippen LogP contribution in [0.2, 0.25) is 0 Å².